The lowest BCUT2D eigenvalue weighted by Crippen LogP contribution is -2.48. The first-order valence-corrected chi connectivity index (χ1v) is 7.12. The van der Waals surface area contributed by atoms with Crippen LogP contribution in [0.1, 0.15) is 32.3 Å². The first kappa shape index (κ1) is 15.5. The summed E-state index contributed by atoms with van der Waals surface area (Å²) in [6.45, 7) is 4.19. The monoisotopic (exact) mass is 284 g/mol. The topological polar surface area (TPSA) is 78.4 Å². The number of amides is 2. The summed E-state index contributed by atoms with van der Waals surface area (Å²) < 4.78 is 0. The van der Waals surface area contributed by atoms with E-state index < -0.39 is 11.5 Å². The molecular formula is C13H20N2O3S. The van der Waals surface area contributed by atoms with Gasteiger partial charge in [0.05, 0.1) is 0 Å². The average Bonchev–Trinajstić information content (AvgIpc) is 2.79. The van der Waals surface area contributed by atoms with Gasteiger partial charge in [-0.1, -0.05) is 0 Å². The van der Waals surface area contributed by atoms with E-state index in [0.29, 0.717) is 13.0 Å². The van der Waals surface area contributed by atoms with Crippen molar-refractivity contribution in [1.29, 1.82) is 0 Å². The largest absolute Gasteiger partial charge is 0.481 e. The highest BCUT2D eigenvalue weighted by Gasteiger charge is 2.21. The number of hydrogen-bond acceptors (Lipinski definition) is 3. The molecule has 3 N–H and O–H groups in total. The second-order valence-electron chi connectivity index (χ2n) is 5.04. The van der Waals surface area contributed by atoms with E-state index in [1.54, 1.807) is 11.3 Å². The number of nitrogens with one attached hydrogen (secondary N) is 2. The quantitative estimate of drug-likeness (QED) is 0.718. The standard InChI is InChI=1S/C13H20N2O3S/c1-13(2,6-3-11(16)17)15-12(18)14-7-4-10-5-8-19-9-10/h5,8-9H,3-4,6-7H2,1-2H3,(H,16,17)(H2,14,15,18). The van der Waals surface area contributed by atoms with Gasteiger partial charge in [-0.15, -0.1) is 0 Å². The second kappa shape index (κ2) is 7.13. The van der Waals surface area contributed by atoms with E-state index in [1.165, 1.54) is 5.56 Å². The minimum absolute atomic E-state index is 0.0438. The molecular weight excluding hydrogens is 264 g/mol. The first-order chi connectivity index (χ1) is 8.89. The highest BCUT2D eigenvalue weighted by molar-refractivity contribution is 7.07. The van der Waals surface area contributed by atoms with Gasteiger partial charge in [-0.2, -0.15) is 11.3 Å². The Balaban J connectivity index is 2.24. The average molecular weight is 284 g/mol. The van der Waals surface area contributed by atoms with Crippen LogP contribution in [0.2, 0.25) is 0 Å². The summed E-state index contributed by atoms with van der Waals surface area (Å²) in [5.74, 6) is -0.854. The molecule has 0 bridgehead atoms. The van der Waals surface area contributed by atoms with Gasteiger partial charge in [0.25, 0.3) is 0 Å². The van der Waals surface area contributed by atoms with Gasteiger partial charge in [0.15, 0.2) is 0 Å². The third-order valence-electron chi connectivity index (χ3n) is 2.70. The van der Waals surface area contributed by atoms with Gasteiger partial charge in [0.2, 0.25) is 0 Å². The van der Waals surface area contributed by atoms with Crippen LogP contribution in [0, 0.1) is 0 Å². The third kappa shape index (κ3) is 6.81. The Labute approximate surface area is 117 Å². The van der Waals surface area contributed by atoms with Crippen molar-refractivity contribution in [3.63, 3.8) is 0 Å². The predicted molar refractivity (Wildman–Crippen MR) is 75.5 cm³/mol. The van der Waals surface area contributed by atoms with Gasteiger partial charge in [-0.25, -0.2) is 4.79 Å². The van der Waals surface area contributed by atoms with Gasteiger partial charge < -0.3 is 15.7 Å². The highest BCUT2D eigenvalue weighted by Crippen LogP contribution is 2.11. The molecule has 1 heterocycles. The summed E-state index contributed by atoms with van der Waals surface area (Å²) in [4.78, 5) is 22.2. The molecule has 106 valence electrons. The molecule has 5 nitrogen and oxygen atoms in total. The van der Waals surface area contributed by atoms with Crippen LogP contribution in [-0.4, -0.2) is 29.2 Å². The van der Waals surface area contributed by atoms with E-state index in [0.717, 1.165) is 6.42 Å². The van der Waals surface area contributed by atoms with Crippen LogP contribution in [-0.2, 0) is 11.2 Å². The zero-order chi connectivity index (χ0) is 14.3. The van der Waals surface area contributed by atoms with Crippen molar-refractivity contribution >= 4 is 23.3 Å². The number of carboxylic acids is 1. The number of carbonyl (C=O) groups is 2. The van der Waals surface area contributed by atoms with Gasteiger partial charge >= 0.3 is 12.0 Å². The molecule has 1 aromatic rings. The van der Waals surface area contributed by atoms with Crippen molar-refractivity contribution < 1.29 is 14.7 Å². The van der Waals surface area contributed by atoms with Crippen LogP contribution >= 0.6 is 11.3 Å². The molecule has 0 aliphatic carbocycles. The Morgan fingerprint density at radius 1 is 1.42 bits per heavy atom. The van der Waals surface area contributed by atoms with Crippen molar-refractivity contribution in [3.05, 3.63) is 22.4 Å². The van der Waals surface area contributed by atoms with Crippen molar-refractivity contribution in [3.8, 4) is 0 Å². The lowest BCUT2D eigenvalue weighted by Gasteiger charge is -2.25. The van der Waals surface area contributed by atoms with Gasteiger partial charge in [0, 0.05) is 18.5 Å². The Morgan fingerprint density at radius 2 is 2.16 bits per heavy atom. The molecule has 0 atom stereocenters. The molecule has 0 spiro atoms. The number of thiophene rings is 1. The fourth-order valence-corrected chi connectivity index (χ4v) is 2.29. The second-order valence-corrected chi connectivity index (χ2v) is 5.82. The molecule has 0 unspecified atom stereocenters. The minimum atomic E-state index is -0.854. The predicted octanol–water partition coefficient (Wildman–Crippen LogP) is 2.23. The summed E-state index contributed by atoms with van der Waals surface area (Å²) in [6.07, 6.45) is 1.24. The fourth-order valence-electron chi connectivity index (χ4n) is 1.59. The van der Waals surface area contributed by atoms with Crippen LogP contribution in [0.4, 0.5) is 4.79 Å². The Kier molecular flexibility index (Phi) is 5.82. The van der Waals surface area contributed by atoms with Crippen LogP contribution in [0.3, 0.4) is 0 Å². The van der Waals surface area contributed by atoms with Crippen LogP contribution in [0.25, 0.3) is 0 Å². The number of hydrogen-bond donors (Lipinski definition) is 3. The Hall–Kier alpha value is -1.56. The van der Waals surface area contributed by atoms with Crippen molar-refractivity contribution in [1.82, 2.24) is 10.6 Å². The number of urea groups is 1. The summed E-state index contributed by atoms with van der Waals surface area (Å²) in [6, 6.07) is 1.77. The molecule has 6 heteroatoms. The number of carboxylic acid groups (broad SMARTS) is 1. The zero-order valence-electron chi connectivity index (χ0n) is 11.2. The molecule has 1 rings (SSSR count). The summed E-state index contributed by atoms with van der Waals surface area (Å²) in [7, 11) is 0. The minimum Gasteiger partial charge on any atom is -0.481 e. The van der Waals surface area contributed by atoms with Crippen molar-refractivity contribution in [2.45, 2.75) is 38.6 Å². The zero-order valence-corrected chi connectivity index (χ0v) is 12.0. The van der Waals surface area contributed by atoms with Crippen molar-refractivity contribution in [2.24, 2.45) is 0 Å². The number of carbonyl (C=O) groups excluding carboxylic acids is 1. The first-order valence-electron chi connectivity index (χ1n) is 6.18. The molecule has 0 fully saturated rings. The maximum Gasteiger partial charge on any atom is 0.315 e. The van der Waals surface area contributed by atoms with E-state index in [4.69, 9.17) is 5.11 Å². The molecule has 0 radical (unpaired) electrons. The van der Waals surface area contributed by atoms with Gasteiger partial charge in [-0.05, 0) is 49.1 Å². The van der Waals surface area contributed by atoms with Gasteiger partial charge in [-0.3, -0.25) is 4.79 Å². The van der Waals surface area contributed by atoms with Crippen LogP contribution in [0.15, 0.2) is 16.8 Å². The normalized spacial score (nSPS) is 11.1. The van der Waals surface area contributed by atoms with Crippen LogP contribution in [0.5, 0.6) is 0 Å². The molecule has 2 amide bonds. The highest BCUT2D eigenvalue weighted by atomic mass is 32.1. The lowest BCUT2D eigenvalue weighted by molar-refractivity contribution is -0.137. The van der Waals surface area contributed by atoms with E-state index in [9.17, 15) is 9.59 Å². The fraction of sp³-hybridized carbons (Fsp3) is 0.538. The van der Waals surface area contributed by atoms with E-state index in [2.05, 4.69) is 16.0 Å². The smallest absolute Gasteiger partial charge is 0.315 e. The maximum atomic E-state index is 11.7. The van der Waals surface area contributed by atoms with Crippen LogP contribution < -0.4 is 10.6 Å². The number of rotatable bonds is 7. The summed E-state index contributed by atoms with van der Waals surface area (Å²) in [5, 5.41) is 18.2. The van der Waals surface area contributed by atoms with E-state index in [-0.39, 0.29) is 12.5 Å². The molecule has 0 saturated carbocycles. The molecule has 0 aliphatic heterocycles. The number of aliphatic carboxylic acids is 1. The van der Waals surface area contributed by atoms with Gasteiger partial charge in [0.1, 0.15) is 0 Å². The van der Waals surface area contributed by atoms with Crippen molar-refractivity contribution in [2.75, 3.05) is 6.54 Å². The van der Waals surface area contributed by atoms with E-state index >= 15 is 0 Å². The maximum absolute atomic E-state index is 11.7. The molecule has 0 aliphatic rings. The lowest BCUT2D eigenvalue weighted by atomic mass is 9.99. The summed E-state index contributed by atoms with van der Waals surface area (Å²) >= 11 is 1.63. The van der Waals surface area contributed by atoms with E-state index in [1.807, 2.05) is 25.3 Å². The summed E-state index contributed by atoms with van der Waals surface area (Å²) in [5.41, 5.74) is 0.681. The third-order valence-corrected chi connectivity index (χ3v) is 3.43. The molecule has 19 heavy (non-hydrogen) atoms. The molecule has 0 aromatic carbocycles. The molecule has 0 saturated heterocycles. The Bertz CT molecular complexity index is 416. The Morgan fingerprint density at radius 3 is 2.74 bits per heavy atom. The SMILES string of the molecule is CC(C)(CCC(=O)O)NC(=O)NCCc1ccsc1. The molecule has 1 aromatic heterocycles.